The van der Waals surface area contributed by atoms with E-state index in [0.29, 0.717) is 12.6 Å². The SMILES string of the molecule is CC(C)OCC(CN1CCOCC1c1ccccc1)OC(C)C. The molecule has 0 N–H and O–H groups in total. The molecule has 1 aliphatic heterocycles. The van der Waals surface area contributed by atoms with Gasteiger partial charge in [-0.05, 0) is 33.3 Å². The van der Waals surface area contributed by atoms with Crippen molar-refractivity contribution < 1.29 is 14.2 Å². The maximum absolute atomic E-state index is 6.08. The highest BCUT2D eigenvalue weighted by Gasteiger charge is 2.27. The van der Waals surface area contributed by atoms with Crippen LogP contribution in [0.5, 0.6) is 0 Å². The van der Waals surface area contributed by atoms with E-state index < -0.39 is 0 Å². The molecule has 0 bridgehead atoms. The fourth-order valence-corrected chi connectivity index (χ4v) is 2.92. The standard InChI is InChI=1S/C19H31NO3/c1-15(2)22-13-18(23-16(3)4)12-20-10-11-21-14-19(20)17-8-6-5-7-9-17/h5-9,15-16,18-19H,10-14H2,1-4H3. The second kappa shape index (κ2) is 9.38. The largest absolute Gasteiger partial charge is 0.378 e. The van der Waals surface area contributed by atoms with Crippen molar-refractivity contribution in [2.24, 2.45) is 0 Å². The summed E-state index contributed by atoms with van der Waals surface area (Å²) in [6.45, 7) is 12.2. The van der Waals surface area contributed by atoms with Crippen LogP contribution in [0.3, 0.4) is 0 Å². The third-order valence-corrected chi connectivity index (χ3v) is 3.94. The third kappa shape index (κ3) is 6.22. The first-order valence-electron chi connectivity index (χ1n) is 8.70. The number of rotatable bonds is 8. The van der Waals surface area contributed by atoms with Crippen molar-refractivity contribution in [1.29, 1.82) is 0 Å². The van der Waals surface area contributed by atoms with Gasteiger partial charge in [0.15, 0.2) is 0 Å². The molecule has 130 valence electrons. The Hall–Kier alpha value is -0.940. The average molecular weight is 321 g/mol. The van der Waals surface area contributed by atoms with E-state index in [2.05, 4.69) is 62.9 Å². The minimum Gasteiger partial charge on any atom is -0.378 e. The monoisotopic (exact) mass is 321 g/mol. The zero-order valence-electron chi connectivity index (χ0n) is 14.9. The lowest BCUT2D eigenvalue weighted by atomic mass is 10.0. The van der Waals surface area contributed by atoms with E-state index in [1.807, 2.05) is 0 Å². The smallest absolute Gasteiger partial charge is 0.0938 e. The zero-order valence-corrected chi connectivity index (χ0v) is 14.9. The molecule has 1 heterocycles. The predicted octanol–water partition coefficient (Wildman–Crippen LogP) is 3.28. The molecule has 1 aromatic carbocycles. The zero-order chi connectivity index (χ0) is 16.7. The first kappa shape index (κ1) is 18.4. The van der Waals surface area contributed by atoms with Gasteiger partial charge in [0.1, 0.15) is 0 Å². The van der Waals surface area contributed by atoms with Gasteiger partial charge < -0.3 is 14.2 Å². The minimum atomic E-state index is 0.0849. The summed E-state index contributed by atoms with van der Waals surface area (Å²) in [5.74, 6) is 0. The molecular formula is C19H31NO3. The summed E-state index contributed by atoms with van der Waals surface area (Å²) in [6, 6.07) is 10.9. The van der Waals surface area contributed by atoms with Gasteiger partial charge in [-0.1, -0.05) is 30.3 Å². The second-order valence-electron chi connectivity index (χ2n) is 6.69. The van der Waals surface area contributed by atoms with Gasteiger partial charge in [-0.25, -0.2) is 0 Å². The van der Waals surface area contributed by atoms with E-state index in [9.17, 15) is 0 Å². The molecule has 2 atom stereocenters. The van der Waals surface area contributed by atoms with Crippen LogP contribution in [0, 0.1) is 0 Å². The summed E-state index contributed by atoms with van der Waals surface area (Å²) in [5, 5.41) is 0. The van der Waals surface area contributed by atoms with Crippen LogP contribution in [-0.2, 0) is 14.2 Å². The van der Waals surface area contributed by atoms with Crippen molar-refractivity contribution in [3.8, 4) is 0 Å². The molecule has 2 unspecified atom stereocenters. The molecule has 1 fully saturated rings. The number of nitrogens with zero attached hydrogens (tertiary/aromatic N) is 1. The molecule has 23 heavy (non-hydrogen) atoms. The van der Waals surface area contributed by atoms with Gasteiger partial charge in [0.2, 0.25) is 0 Å². The number of morpholine rings is 1. The molecule has 0 radical (unpaired) electrons. The number of hydrogen-bond acceptors (Lipinski definition) is 4. The molecule has 2 rings (SSSR count). The van der Waals surface area contributed by atoms with E-state index in [1.54, 1.807) is 0 Å². The molecule has 1 aliphatic rings. The van der Waals surface area contributed by atoms with Crippen molar-refractivity contribution in [2.75, 3.05) is 32.9 Å². The Morgan fingerprint density at radius 2 is 1.87 bits per heavy atom. The van der Waals surface area contributed by atoms with Crippen LogP contribution in [0.25, 0.3) is 0 Å². The van der Waals surface area contributed by atoms with Gasteiger partial charge in [-0.2, -0.15) is 0 Å². The molecule has 0 aromatic heterocycles. The van der Waals surface area contributed by atoms with Gasteiger partial charge in [-0.3, -0.25) is 4.90 Å². The summed E-state index contributed by atoms with van der Waals surface area (Å²) in [4.78, 5) is 2.47. The van der Waals surface area contributed by atoms with Crippen LogP contribution < -0.4 is 0 Å². The Kier molecular flexibility index (Phi) is 7.50. The van der Waals surface area contributed by atoms with Gasteiger partial charge >= 0.3 is 0 Å². The Bertz CT molecular complexity index is 436. The Morgan fingerprint density at radius 3 is 2.52 bits per heavy atom. The number of hydrogen-bond donors (Lipinski definition) is 0. The molecule has 0 amide bonds. The maximum atomic E-state index is 6.08. The number of benzene rings is 1. The molecule has 4 heteroatoms. The Morgan fingerprint density at radius 1 is 1.13 bits per heavy atom. The lowest BCUT2D eigenvalue weighted by Gasteiger charge is -2.38. The van der Waals surface area contributed by atoms with Crippen molar-refractivity contribution in [3.63, 3.8) is 0 Å². The Labute approximate surface area is 140 Å². The first-order valence-corrected chi connectivity index (χ1v) is 8.70. The van der Waals surface area contributed by atoms with Crippen molar-refractivity contribution in [2.45, 2.75) is 52.0 Å². The van der Waals surface area contributed by atoms with Gasteiger partial charge in [0, 0.05) is 13.1 Å². The topological polar surface area (TPSA) is 30.9 Å². The molecule has 0 spiro atoms. The molecular weight excluding hydrogens is 290 g/mol. The third-order valence-electron chi connectivity index (χ3n) is 3.94. The molecule has 4 nitrogen and oxygen atoms in total. The summed E-state index contributed by atoms with van der Waals surface area (Å²) >= 11 is 0. The summed E-state index contributed by atoms with van der Waals surface area (Å²) in [5.41, 5.74) is 1.31. The van der Waals surface area contributed by atoms with Crippen molar-refractivity contribution in [1.82, 2.24) is 4.90 Å². The van der Waals surface area contributed by atoms with Crippen LogP contribution in [0.4, 0.5) is 0 Å². The van der Waals surface area contributed by atoms with Gasteiger partial charge in [0.05, 0.1) is 44.2 Å². The maximum Gasteiger partial charge on any atom is 0.0938 e. The van der Waals surface area contributed by atoms with Crippen LogP contribution >= 0.6 is 0 Å². The highest BCUT2D eigenvalue weighted by atomic mass is 16.5. The highest BCUT2D eigenvalue weighted by molar-refractivity contribution is 5.19. The second-order valence-corrected chi connectivity index (χ2v) is 6.69. The van der Waals surface area contributed by atoms with E-state index in [-0.39, 0.29) is 18.3 Å². The fraction of sp³-hybridized carbons (Fsp3) is 0.684. The molecule has 0 aliphatic carbocycles. The summed E-state index contributed by atoms with van der Waals surface area (Å²) < 4.78 is 17.6. The summed E-state index contributed by atoms with van der Waals surface area (Å²) in [6.07, 6.45) is 0.511. The lowest BCUT2D eigenvalue weighted by Crippen LogP contribution is -2.45. The molecule has 1 saturated heterocycles. The first-order chi connectivity index (χ1) is 11.1. The fourth-order valence-electron chi connectivity index (χ4n) is 2.92. The van der Waals surface area contributed by atoms with Crippen molar-refractivity contribution in [3.05, 3.63) is 35.9 Å². The lowest BCUT2D eigenvalue weighted by molar-refractivity contribution is -0.0909. The van der Waals surface area contributed by atoms with E-state index in [0.717, 1.165) is 26.3 Å². The van der Waals surface area contributed by atoms with E-state index in [4.69, 9.17) is 14.2 Å². The average Bonchev–Trinajstić information content (AvgIpc) is 2.53. The summed E-state index contributed by atoms with van der Waals surface area (Å²) in [7, 11) is 0. The number of ether oxygens (including phenoxy) is 3. The Balaban J connectivity index is 2.02. The van der Waals surface area contributed by atoms with Crippen LogP contribution in [0.2, 0.25) is 0 Å². The molecule has 0 saturated carbocycles. The predicted molar refractivity (Wildman–Crippen MR) is 92.7 cm³/mol. The van der Waals surface area contributed by atoms with Crippen LogP contribution in [-0.4, -0.2) is 56.1 Å². The van der Waals surface area contributed by atoms with Crippen LogP contribution in [0.15, 0.2) is 30.3 Å². The normalized spacial score (nSPS) is 21.0. The minimum absolute atomic E-state index is 0.0849. The quantitative estimate of drug-likeness (QED) is 0.735. The van der Waals surface area contributed by atoms with Crippen LogP contribution in [0.1, 0.15) is 39.3 Å². The van der Waals surface area contributed by atoms with Gasteiger partial charge in [0.25, 0.3) is 0 Å². The van der Waals surface area contributed by atoms with Gasteiger partial charge in [-0.15, -0.1) is 0 Å². The highest BCUT2D eigenvalue weighted by Crippen LogP contribution is 2.24. The van der Waals surface area contributed by atoms with E-state index >= 15 is 0 Å². The van der Waals surface area contributed by atoms with Crippen molar-refractivity contribution >= 4 is 0 Å². The van der Waals surface area contributed by atoms with E-state index in [1.165, 1.54) is 5.56 Å². The molecule has 1 aromatic rings.